The predicted molar refractivity (Wildman–Crippen MR) is 135 cm³/mol. The summed E-state index contributed by atoms with van der Waals surface area (Å²) in [5, 5.41) is 10.7. The van der Waals surface area contributed by atoms with Gasteiger partial charge < -0.3 is 5.11 Å². The van der Waals surface area contributed by atoms with Crippen molar-refractivity contribution in [3.63, 3.8) is 0 Å². The van der Waals surface area contributed by atoms with E-state index in [1.165, 1.54) is 11.1 Å². The second kappa shape index (κ2) is 9.09. The molecule has 0 radical (unpaired) electrons. The molecule has 32 heavy (non-hydrogen) atoms. The van der Waals surface area contributed by atoms with Gasteiger partial charge in [0.25, 0.3) is 0 Å². The molecule has 0 heterocycles. The van der Waals surface area contributed by atoms with Crippen molar-refractivity contribution in [3.05, 3.63) is 46.6 Å². The zero-order valence-electron chi connectivity index (χ0n) is 21.8. The Kier molecular flexibility index (Phi) is 7.16. The lowest BCUT2D eigenvalue weighted by Crippen LogP contribution is -2.57. The van der Waals surface area contributed by atoms with Crippen LogP contribution >= 0.6 is 0 Å². The largest absolute Gasteiger partial charge is 0.393 e. The molecule has 3 saturated carbocycles. The number of hydrogen-bond donors (Lipinski definition) is 1. The highest BCUT2D eigenvalue weighted by molar-refractivity contribution is 6.00. The molecule has 3 aliphatic rings. The van der Waals surface area contributed by atoms with Crippen LogP contribution in [-0.4, -0.2) is 17.0 Å². The van der Waals surface area contributed by atoms with Crippen LogP contribution in [0, 0.1) is 28.1 Å². The molecule has 5 atom stereocenters. The van der Waals surface area contributed by atoms with E-state index >= 15 is 0 Å². The van der Waals surface area contributed by atoms with Crippen molar-refractivity contribution in [3.8, 4) is 0 Å². The van der Waals surface area contributed by atoms with Crippen molar-refractivity contribution >= 4 is 5.78 Å². The Morgan fingerprint density at radius 3 is 2.38 bits per heavy atom. The number of fused-ring (bicyclic) bond motifs is 3. The van der Waals surface area contributed by atoms with Gasteiger partial charge in [-0.05, 0) is 94.5 Å². The molecular weight excluding hydrogens is 392 g/mol. The molecule has 0 aromatic heterocycles. The molecule has 2 nitrogen and oxygen atoms in total. The first-order valence-corrected chi connectivity index (χ1v) is 12.7. The normalized spacial score (nSPS) is 38.5. The van der Waals surface area contributed by atoms with Crippen LogP contribution in [0.4, 0.5) is 0 Å². The minimum atomic E-state index is -0.228. The number of aliphatic hydroxyl groups excluding tert-OH is 1. The van der Waals surface area contributed by atoms with Gasteiger partial charge in [-0.1, -0.05) is 63.1 Å². The number of carbonyl (C=O) groups excluding carboxylic acids is 1. The third kappa shape index (κ3) is 4.37. The van der Waals surface area contributed by atoms with E-state index in [4.69, 9.17) is 0 Å². The van der Waals surface area contributed by atoms with Crippen LogP contribution in [0.5, 0.6) is 0 Å². The number of allylic oxidation sites excluding steroid dienone is 8. The molecule has 178 valence electrons. The monoisotopic (exact) mass is 438 g/mol. The third-order valence-corrected chi connectivity index (χ3v) is 9.48. The lowest BCUT2D eigenvalue weighted by molar-refractivity contribution is -0.157. The maximum absolute atomic E-state index is 13.4. The lowest BCUT2D eigenvalue weighted by Gasteiger charge is -2.62. The highest BCUT2D eigenvalue weighted by Gasteiger charge is 2.64. The van der Waals surface area contributed by atoms with Gasteiger partial charge in [0, 0.05) is 17.4 Å². The van der Waals surface area contributed by atoms with Crippen LogP contribution in [0.15, 0.2) is 46.6 Å². The molecule has 0 aliphatic heterocycles. The molecule has 0 amide bonds. The first-order valence-electron chi connectivity index (χ1n) is 12.7. The molecule has 0 unspecified atom stereocenters. The van der Waals surface area contributed by atoms with Gasteiger partial charge in [-0.3, -0.25) is 4.79 Å². The van der Waals surface area contributed by atoms with Crippen molar-refractivity contribution < 1.29 is 9.90 Å². The zero-order chi connectivity index (χ0) is 23.9. The number of hydrogen-bond acceptors (Lipinski definition) is 2. The Morgan fingerprint density at radius 2 is 1.72 bits per heavy atom. The third-order valence-electron chi connectivity index (χ3n) is 9.48. The maximum Gasteiger partial charge on any atom is 0.160 e. The Labute approximate surface area is 197 Å². The van der Waals surface area contributed by atoms with Crippen molar-refractivity contribution in [2.75, 3.05) is 0 Å². The van der Waals surface area contributed by atoms with Crippen molar-refractivity contribution in [1.29, 1.82) is 0 Å². The minimum Gasteiger partial charge on any atom is -0.393 e. The van der Waals surface area contributed by atoms with Gasteiger partial charge in [0.2, 0.25) is 0 Å². The molecule has 0 saturated heterocycles. The van der Waals surface area contributed by atoms with E-state index in [9.17, 15) is 9.90 Å². The zero-order valence-corrected chi connectivity index (χ0v) is 21.8. The van der Waals surface area contributed by atoms with Crippen molar-refractivity contribution in [2.45, 2.75) is 106 Å². The summed E-state index contributed by atoms with van der Waals surface area (Å²) in [6.07, 6.45) is 15.4. The van der Waals surface area contributed by atoms with E-state index in [2.05, 4.69) is 79.7 Å². The molecular formula is C30H46O2. The number of Topliss-reactive ketones (excluding diaryl/α,β-unsaturated/α-hetero) is 1. The first-order chi connectivity index (χ1) is 14.8. The van der Waals surface area contributed by atoms with Gasteiger partial charge in [0.1, 0.15) is 0 Å². The average Bonchev–Trinajstić information content (AvgIpc) is 2.96. The van der Waals surface area contributed by atoms with Crippen molar-refractivity contribution in [1.82, 2.24) is 0 Å². The van der Waals surface area contributed by atoms with Crippen LogP contribution in [0.25, 0.3) is 0 Å². The molecule has 3 fully saturated rings. The molecule has 0 bridgehead atoms. The highest BCUT2D eigenvalue weighted by Crippen LogP contribution is 2.69. The standard InChI is InChI=1S/C30H46O2/c1-20(2)11-9-12-21(3)13-10-14-22(4)27-23(31)19-25-29(7)18-16-26(32)28(5,6)24(29)15-17-30(25,27)8/h10-11,13-14,24-26,32H,9,12,15-19H2,1-8H3/t24-,25-,26-,29-,30-/m0/s1. The van der Waals surface area contributed by atoms with Crippen LogP contribution in [0.1, 0.15) is 100 Å². The second-order valence-electron chi connectivity index (χ2n) is 12.3. The van der Waals surface area contributed by atoms with Gasteiger partial charge in [-0.2, -0.15) is 0 Å². The maximum atomic E-state index is 13.4. The van der Waals surface area contributed by atoms with Crippen LogP contribution in [-0.2, 0) is 4.79 Å². The number of rotatable bonds is 5. The van der Waals surface area contributed by atoms with Crippen LogP contribution in [0.2, 0.25) is 0 Å². The van der Waals surface area contributed by atoms with Gasteiger partial charge in [-0.15, -0.1) is 0 Å². The molecule has 3 aliphatic carbocycles. The molecule has 0 aromatic carbocycles. The number of carbonyl (C=O) groups is 1. The molecule has 0 spiro atoms. The summed E-state index contributed by atoms with van der Waals surface area (Å²) >= 11 is 0. The van der Waals surface area contributed by atoms with Crippen LogP contribution in [0.3, 0.4) is 0 Å². The second-order valence-corrected chi connectivity index (χ2v) is 12.3. The summed E-state index contributed by atoms with van der Waals surface area (Å²) in [5.74, 6) is 1.22. The fourth-order valence-corrected chi connectivity index (χ4v) is 7.69. The SMILES string of the molecule is CC(C)=CCCC(C)=CC=CC(C)=C1C(=O)C[C@H]2[C@@]3(C)CC[C@H](O)C(C)(C)[C@@H]3CC[C@]12C. The van der Waals surface area contributed by atoms with Gasteiger partial charge in [-0.25, -0.2) is 0 Å². The molecule has 3 rings (SSSR count). The van der Waals surface area contributed by atoms with E-state index in [1.807, 2.05) is 0 Å². The smallest absolute Gasteiger partial charge is 0.160 e. The van der Waals surface area contributed by atoms with E-state index in [0.717, 1.165) is 49.7 Å². The first kappa shape index (κ1) is 25.2. The highest BCUT2D eigenvalue weighted by atomic mass is 16.3. The number of aliphatic hydroxyl groups is 1. The minimum absolute atomic E-state index is 0.0443. The summed E-state index contributed by atoms with van der Waals surface area (Å²) in [6, 6.07) is 0. The van der Waals surface area contributed by atoms with Crippen molar-refractivity contribution in [2.24, 2.45) is 28.1 Å². The predicted octanol–water partition coefficient (Wildman–Crippen LogP) is 7.74. The number of ketones is 1. The fourth-order valence-electron chi connectivity index (χ4n) is 7.69. The van der Waals surface area contributed by atoms with E-state index in [1.54, 1.807) is 0 Å². The quantitative estimate of drug-likeness (QED) is 0.271. The molecule has 1 N–H and O–H groups in total. The average molecular weight is 439 g/mol. The van der Waals surface area contributed by atoms with E-state index < -0.39 is 0 Å². The Morgan fingerprint density at radius 1 is 1.03 bits per heavy atom. The lowest BCUT2D eigenvalue weighted by atomic mass is 9.43. The fraction of sp³-hybridized carbons (Fsp3) is 0.700. The Bertz CT molecular complexity index is 863. The topological polar surface area (TPSA) is 37.3 Å². The van der Waals surface area contributed by atoms with Gasteiger partial charge >= 0.3 is 0 Å². The summed E-state index contributed by atoms with van der Waals surface area (Å²) < 4.78 is 0. The summed E-state index contributed by atoms with van der Waals surface area (Å²) in [5.41, 5.74) is 4.97. The summed E-state index contributed by atoms with van der Waals surface area (Å²) in [4.78, 5) is 13.4. The van der Waals surface area contributed by atoms with Crippen LogP contribution < -0.4 is 0 Å². The van der Waals surface area contributed by atoms with E-state index in [-0.39, 0.29) is 22.3 Å². The Balaban J connectivity index is 1.85. The Hall–Kier alpha value is -1.41. The molecule has 0 aromatic rings. The molecule has 2 heteroatoms. The van der Waals surface area contributed by atoms with Gasteiger partial charge in [0.15, 0.2) is 5.78 Å². The van der Waals surface area contributed by atoms with E-state index in [0.29, 0.717) is 24.0 Å². The van der Waals surface area contributed by atoms with Gasteiger partial charge in [0.05, 0.1) is 6.10 Å². The summed E-state index contributed by atoms with van der Waals surface area (Å²) in [7, 11) is 0. The summed E-state index contributed by atoms with van der Waals surface area (Å²) in [6.45, 7) is 17.9.